The van der Waals surface area contributed by atoms with E-state index in [-0.39, 0.29) is 6.10 Å². The van der Waals surface area contributed by atoms with Crippen LogP contribution in [-0.2, 0) is 0 Å². The molecular weight excluding hydrogens is 252 g/mol. The van der Waals surface area contributed by atoms with Gasteiger partial charge in [0.05, 0.1) is 12.7 Å². The number of ether oxygens (including phenoxy) is 2. The Bertz CT molecular complexity index is 368. The van der Waals surface area contributed by atoms with Gasteiger partial charge in [-0.15, -0.1) is 0 Å². The second-order valence-electron chi connectivity index (χ2n) is 5.60. The van der Waals surface area contributed by atoms with Crippen molar-refractivity contribution in [3.63, 3.8) is 0 Å². The van der Waals surface area contributed by atoms with Crippen LogP contribution in [0.3, 0.4) is 0 Å². The molecule has 0 bridgehead atoms. The topological polar surface area (TPSA) is 38.7 Å². The van der Waals surface area contributed by atoms with Crippen molar-refractivity contribution in [1.29, 1.82) is 0 Å². The summed E-state index contributed by atoms with van der Waals surface area (Å²) in [7, 11) is 0. The number of aliphatic hydroxyl groups is 1. The van der Waals surface area contributed by atoms with Crippen LogP contribution in [0, 0.1) is 5.92 Å². The van der Waals surface area contributed by atoms with Crippen LogP contribution in [0.2, 0.25) is 0 Å². The quantitative estimate of drug-likeness (QED) is 0.824. The number of aliphatic hydroxyl groups excluding tert-OH is 1. The van der Waals surface area contributed by atoms with Crippen LogP contribution in [0.15, 0.2) is 24.3 Å². The number of hydrogen-bond donors (Lipinski definition) is 1. The molecule has 3 nitrogen and oxygen atoms in total. The zero-order valence-electron chi connectivity index (χ0n) is 12.4. The van der Waals surface area contributed by atoms with Gasteiger partial charge >= 0.3 is 0 Å². The van der Waals surface area contributed by atoms with Gasteiger partial charge in [0.1, 0.15) is 18.1 Å². The Morgan fingerprint density at radius 3 is 2.25 bits per heavy atom. The summed E-state index contributed by atoms with van der Waals surface area (Å²) in [6.45, 7) is 3.21. The molecule has 0 amide bonds. The predicted octanol–water partition coefficient (Wildman–Crippen LogP) is 3.80. The van der Waals surface area contributed by atoms with Crippen LogP contribution in [0.4, 0.5) is 0 Å². The van der Waals surface area contributed by atoms with Crippen molar-refractivity contribution >= 4 is 0 Å². The highest BCUT2D eigenvalue weighted by Crippen LogP contribution is 2.27. The van der Waals surface area contributed by atoms with E-state index in [9.17, 15) is 5.11 Å². The van der Waals surface area contributed by atoms with Gasteiger partial charge in [-0.2, -0.15) is 0 Å². The Balaban J connectivity index is 1.75. The lowest BCUT2D eigenvalue weighted by Gasteiger charge is -2.26. The van der Waals surface area contributed by atoms with Gasteiger partial charge in [0.2, 0.25) is 0 Å². The van der Waals surface area contributed by atoms with Crippen molar-refractivity contribution in [2.24, 2.45) is 5.92 Å². The molecule has 1 atom stereocenters. The van der Waals surface area contributed by atoms with E-state index in [1.54, 1.807) is 0 Å². The fourth-order valence-corrected chi connectivity index (χ4v) is 2.69. The Labute approximate surface area is 121 Å². The van der Waals surface area contributed by atoms with Crippen molar-refractivity contribution in [2.45, 2.75) is 51.6 Å². The maximum absolute atomic E-state index is 10.2. The zero-order valence-corrected chi connectivity index (χ0v) is 12.4. The van der Waals surface area contributed by atoms with Crippen LogP contribution in [0.25, 0.3) is 0 Å². The lowest BCUT2D eigenvalue weighted by Crippen LogP contribution is -2.28. The molecule has 1 saturated carbocycles. The van der Waals surface area contributed by atoms with Crippen LogP contribution in [0.1, 0.15) is 45.4 Å². The summed E-state index contributed by atoms with van der Waals surface area (Å²) in [6, 6.07) is 7.63. The van der Waals surface area contributed by atoms with Gasteiger partial charge in [-0.05, 0) is 49.4 Å². The first-order chi connectivity index (χ1) is 9.79. The fourth-order valence-electron chi connectivity index (χ4n) is 2.69. The van der Waals surface area contributed by atoms with Crippen molar-refractivity contribution in [3.05, 3.63) is 24.3 Å². The van der Waals surface area contributed by atoms with E-state index in [2.05, 4.69) is 6.92 Å². The van der Waals surface area contributed by atoms with Crippen molar-refractivity contribution < 1.29 is 14.6 Å². The second-order valence-corrected chi connectivity index (χ2v) is 5.60. The molecule has 1 aliphatic carbocycles. The van der Waals surface area contributed by atoms with E-state index >= 15 is 0 Å². The molecule has 1 aliphatic rings. The molecule has 0 aliphatic heterocycles. The minimum atomic E-state index is -0.341. The highest BCUT2D eigenvalue weighted by atomic mass is 16.5. The molecule has 1 fully saturated rings. The van der Waals surface area contributed by atoms with Gasteiger partial charge in [-0.1, -0.05) is 26.2 Å². The molecule has 0 heterocycles. The zero-order chi connectivity index (χ0) is 14.2. The summed E-state index contributed by atoms with van der Waals surface area (Å²) in [5, 5.41) is 10.2. The Hall–Kier alpha value is -1.22. The van der Waals surface area contributed by atoms with E-state index in [0.29, 0.717) is 12.5 Å². The monoisotopic (exact) mass is 278 g/mol. The summed E-state index contributed by atoms with van der Waals surface area (Å²) < 4.78 is 11.2. The van der Waals surface area contributed by atoms with Crippen molar-refractivity contribution in [1.82, 2.24) is 0 Å². The highest BCUT2D eigenvalue weighted by Gasteiger charge is 2.22. The first-order valence-electron chi connectivity index (χ1n) is 7.83. The minimum absolute atomic E-state index is 0.341. The average Bonchev–Trinajstić information content (AvgIpc) is 2.52. The van der Waals surface area contributed by atoms with Gasteiger partial charge in [-0.3, -0.25) is 0 Å². The number of benzene rings is 1. The molecule has 2 rings (SSSR count). The molecule has 0 radical (unpaired) electrons. The molecule has 0 aromatic heterocycles. The van der Waals surface area contributed by atoms with E-state index in [1.165, 1.54) is 19.3 Å². The van der Waals surface area contributed by atoms with E-state index < -0.39 is 0 Å². The molecular formula is C17H26O3. The summed E-state index contributed by atoms with van der Waals surface area (Å²) in [4.78, 5) is 0. The third-order valence-corrected chi connectivity index (χ3v) is 3.91. The lowest BCUT2D eigenvalue weighted by atomic mass is 9.85. The second kappa shape index (κ2) is 8.15. The molecule has 3 heteroatoms. The van der Waals surface area contributed by atoms with Crippen LogP contribution in [0.5, 0.6) is 11.5 Å². The molecule has 1 aromatic carbocycles. The lowest BCUT2D eigenvalue weighted by molar-refractivity contribution is 0.0413. The first kappa shape index (κ1) is 15.2. The van der Waals surface area contributed by atoms with E-state index in [4.69, 9.17) is 9.47 Å². The van der Waals surface area contributed by atoms with Crippen LogP contribution < -0.4 is 9.47 Å². The van der Waals surface area contributed by atoms with Gasteiger partial charge in [0.25, 0.3) is 0 Å². The van der Waals surface area contributed by atoms with Gasteiger partial charge < -0.3 is 14.6 Å². The average molecular weight is 278 g/mol. The maximum atomic E-state index is 10.2. The summed E-state index contributed by atoms with van der Waals surface area (Å²) in [5.41, 5.74) is 0. The van der Waals surface area contributed by atoms with Crippen molar-refractivity contribution in [2.75, 3.05) is 13.2 Å². The third-order valence-electron chi connectivity index (χ3n) is 3.91. The highest BCUT2D eigenvalue weighted by molar-refractivity contribution is 5.31. The molecule has 1 N–H and O–H groups in total. The van der Waals surface area contributed by atoms with Gasteiger partial charge in [-0.25, -0.2) is 0 Å². The predicted molar refractivity (Wildman–Crippen MR) is 80.3 cm³/mol. The SMILES string of the molecule is CCCOc1ccc(OCC(O)C2CCCCC2)cc1. The largest absolute Gasteiger partial charge is 0.494 e. The first-order valence-corrected chi connectivity index (χ1v) is 7.83. The fraction of sp³-hybridized carbons (Fsp3) is 0.647. The Morgan fingerprint density at radius 1 is 1.05 bits per heavy atom. The van der Waals surface area contributed by atoms with Crippen LogP contribution >= 0.6 is 0 Å². The summed E-state index contributed by atoms with van der Waals surface area (Å²) in [6.07, 6.45) is 6.72. The Kier molecular flexibility index (Phi) is 6.19. The molecule has 0 spiro atoms. The minimum Gasteiger partial charge on any atom is -0.494 e. The molecule has 0 saturated heterocycles. The smallest absolute Gasteiger partial charge is 0.119 e. The Morgan fingerprint density at radius 2 is 1.65 bits per heavy atom. The molecule has 1 unspecified atom stereocenters. The number of hydrogen-bond acceptors (Lipinski definition) is 3. The normalized spacial score (nSPS) is 17.7. The molecule has 1 aromatic rings. The molecule has 112 valence electrons. The van der Waals surface area contributed by atoms with Crippen LogP contribution in [-0.4, -0.2) is 24.4 Å². The maximum Gasteiger partial charge on any atom is 0.119 e. The summed E-state index contributed by atoms with van der Waals surface area (Å²) in [5.74, 6) is 2.08. The summed E-state index contributed by atoms with van der Waals surface area (Å²) >= 11 is 0. The van der Waals surface area contributed by atoms with E-state index in [0.717, 1.165) is 37.4 Å². The van der Waals surface area contributed by atoms with Crippen molar-refractivity contribution in [3.8, 4) is 11.5 Å². The standard InChI is InChI=1S/C17H26O3/c1-2-12-19-15-8-10-16(11-9-15)20-13-17(18)14-6-4-3-5-7-14/h8-11,14,17-18H,2-7,12-13H2,1H3. The number of rotatable bonds is 7. The van der Waals surface area contributed by atoms with Gasteiger partial charge in [0, 0.05) is 0 Å². The third kappa shape index (κ3) is 4.71. The van der Waals surface area contributed by atoms with E-state index in [1.807, 2.05) is 24.3 Å². The van der Waals surface area contributed by atoms with Gasteiger partial charge in [0.15, 0.2) is 0 Å². The molecule has 20 heavy (non-hydrogen) atoms.